The Bertz CT molecular complexity index is 1110. The summed E-state index contributed by atoms with van der Waals surface area (Å²) in [7, 11) is 0. The van der Waals surface area contributed by atoms with E-state index in [0.29, 0.717) is 10.8 Å². The molecule has 0 spiro atoms. The summed E-state index contributed by atoms with van der Waals surface area (Å²) in [5, 5.41) is 16.5. The Hall–Kier alpha value is -2.34. The first-order chi connectivity index (χ1) is 16.2. The van der Waals surface area contributed by atoms with Crippen LogP contribution in [0.5, 0.6) is 5.75 Å². The van der Waals surface area contributed by atoms with Crippen LogP contribution < -0.4 is 5.32 Å². The number of fused-ring (bicyclic) bond motifs is 1. The molecule has 2 aliphatic rings. The molecule has 2 aromatic carbocycles. The molecule has 0 bridgehead atoms. The molecule has 174 valence electrons. The van der Waals surface area contributed by atoms with Gasteiger partial charge in [0.1, 0.15) is 5.75 Å². The number of likely N-dealkylation sites (tertiary alicyclic amines) is 2. The van der Waals surface area contributed by atoms with Gasteiger partial charge in [0.05, 0.1) is 11.2 Å². The van der Waals surface area contributed by atoms with Gasteiger partial charge in [0.15, 0.2) is 0 Å². The van der Waals surface area contributed by atoms with E-state index in [1.165, 1.54) is 44.1 Å². The van der Waals surface area contributed by atoms with Gasteiger partial charge in [-0.25, -0.2) is 0 Å². The van der Waals surface area contributed by atoms with Crippen LogP contribution in [0.4, 0.5) is 11.4 Å². The second-order valence-electron chi connectivity index (χ2n) is 9.47. The topological polar surface area (TPSA) is 51.6 Å². The van der Waals surface area contributed by atoms with Crippen molar-refractivity contribution in [1.82, 2.24) is 14.8 Å². The van der Waals surface area contributed by atoms with Crippen molar-refractivity contribution in [3.05, 3.63) is 58.7 Å². The van der Waals surface area contributed by atoms with Crippen molar-refractivity contribution in [2.45, 2.75) is 51.6 Å². The molecule has 5 rings (SSSR count). The number of aromatic nitrogens is 1. The number of hydrogen-bond donors (Lipinski definition) is 2. The smallest absolute Gasteiger partial charge is 0.143 e. The second kappa shape index (κ2) is 10.3. The number of rotatable bonds is 6. The van der Waals surface area contributed by atoms with Crippen LogP contribution in [0.1, 0.15) is 49.7 Å². The maximum absolute atomic E-state index is 11.3. The Morgan fingerprint density at radius 2 is 1.52 bits per heavy atom. The number of nitrogens with zero attached hydrogens (tertiary/aromatic N) is 3. The number of halogens is 1. The number of anilines is 2. The van der Waals surface area contributed by atoms with Gasteiger partial charge in [-0.1, -0.05) is 24.4 Å². The average Bonchev–Trinajstić information content (AvgIpc) is 2.83. The summed E-state index contributed by atoms with van der Waals surface area (Å²) in [6.07, 6.45) is 9.45. The molecule has 3 heterocycles. The molecule has 2 aliphatic heterocycles. The van der Waals surface area contributed by atoms with Gasteiger partial charge >= 0.3 is 0 Å². The molecule has 33 heavy (non-hydrogen) atoms. The first kappa shape index (κ1) is 22.5. The number of phenolic OH excluding ortho intramolecular Hbond substituents is 1. The summed E-state index contributed by atoms with van der Waals surface area (Å²) in [5.41, 5.74) is 4.79. The summed E-state index contributed by atoms with van der Waals surface area (Å²) >= 11 is 6.17. The Morgan fingerprint density at radius 3 is 2.24 bits per heavy atom. The van der Waals surface area contributed by atoms with Crippen LogP contribution in [0.15, 0.2) is 42.6 Å². The normalized spacial score (nSPS) is 18.0. The van der Waals surface area contributed by atoms with E-state index >= 15 is 0 Å². The highest BCUT2D eigenvalue weighted by atomic mass is 35.5. The van der Waals surface area contributed by atoms with E-state index < -0.39 is 0 Å². The minimum atomic E-state index is 0.349. The largest absolute Gasteiger partial charge is 0.505 e. The molecule has 0 atom stereocenters. The number of nitrogens with one attached hydrogen (secondary N) is 1. The molecule has 2 N–H and O–H groups in total. The predicted molar refractivity (Wildman–Crippen MR) is 136 cm³/mol. The summed E-state index contributed by atoms with van der Waals surface area (Å²) in [6, 6.07) is 12.0. The average molecular weight is 465 g/mol. The molecule has 0 saturated carbocycles. The fraction of sp³-hybridized carbons (Fsp3) is 0.444. The van der Waals surface area contributed by atoms with Crippen LogP contribution in [-0.2, 0) is 13.1 Å². The van der Waals surface area contributed by atoms with E-state index in [1.54, 1.807) is 6.20 Å². The van der Waals surface area contributed by atoms with Crippen molar-refractivity contribution in [2.24, 2.45) is 0 Å². The van der Waals surface area contributed by atoms with Crippen LogP contribution in [0.2, 0.25) is 5.02 Å². The lowest BCUT2D eigenvalue weighted by Crippen LogP contribution is -2.30. The lowest BCUT2D eigenvalue weighted by Gasteiger charge is -2.29. The number of piperidine rings is 2. The van der Waals surface area contributed by atoms with Crippen molar-refractivity contribution in [3.8, 4) is 5.75 Å². The quantitative estimate of drug-likeness (QED) is 0.418. The molecule has 0 amide bonds. The fourth-order valence-electron chi connectivity index (χ4n) is 5.18. The number of hydrogen-bond acceptors (Lipinski definition) is 5. The SMILES string of the molecule is Oc1c(CN2CCCCC2)cc(CN2CCCCC2)cc1Nc1ccnc2cc(Cl)ccc12. The Labute approximate surface area is 201 Å². The Balaban J connectivity index is 1.48. The van der Waals surface area contributed by atoms with Crippen molar-refractivity contribution in [2.75, 3.05) is 31.5 Å². The van der Waals surface area contributed by atoms with Crippen molar-refractivity contribution in [3.63, 3.8) is 0 Å². The highest BCUT2D eigenvalue weighted by Gasteiger charge is 2.18. The summed E-state index contributed by atoms with van der Waals surface area (Å²) in [5.74, 6) is 0.349. The molecule has 0 unspecified atom stereocenters. The molecule has 5 nitrogen and oxygen atoms in total. The lowest BCUT2D eigenvalue weighted by atomic mass is 10.0. The minimum absolute atomic E-state index is 0.349. The van der Waals surface area contributed by atoms with E-state index in [1.807, 2.05) is 24.3 Å². The monoisotopic (exact) mass is 464 g/mol. The van der Waals surface area contributed by atoms with Crippen LogP contribution in [0, 0.1) is 0 Å². The summed E-state index contributed by atoms with van der Waals surface area (Å²) in [4.78, 5) is 9.46. The van der Waals surface area contributed by atoms with E-state index in [0.717, 1.165) is 67.1 Å². The molecular weight excluding hydrogens is 432 g/mol. The lowest BCUT2D eigenvalue weighted by molar-refractivity contribution is 0.216. The molecule has 6 heteroatoms. The summed E-state index contributed by atoms with van der Waals surface area (Å²) in [6.45, 7) is 6.24. The summed E-state index contributed by atoms with van der Waals surface area (Å²) < 4.78 is 0. The van der Waals surface area contributed by atoms with Gasteiger partial charge in [0.25, 0.3) is 0 Å². The number of phenols is 1. The highest BCUT2D eigenvalue weighted by Crippen LogP contribution is 2.36. The van der Waals surface area contributed by atoms with Gasteiger partial charge in [-0.3, -0.25) is 14.8 Å². The van der Waals surface area contributed by atoms with Gasteiger partial charge in [-0.15, -0.1) is 0 Å². The fourth-order valence-corrected chi connectivity index (χ4v) is 5.34. The van der Waals surface area contributed by atoms with Gasteiger partial charge in [0, 0.05) is 40.9 Å². The van der Waals surface area contributed by atoms with Gasteiger partial charge in [-0.2, -0.15) is 0 Å². The van der Waals surface area contributed by atoms with Crippen molar-refractivity contribution >= 4 is 33.9 Å². The number of pyridine rings is 1. The predicted octanol–water partition coefficient (Wildman–Crippen LogP) is 6.31. The molecule has 0 aliphatic carbocycles. The third kappa shape index (κ3) is 5.43. The Kier molecular flexibility index (Phi) is 7.00. The van der Waals surface area contributed by atoms with E-state index in [2.05, 4.69) is 32.2 Å². The van der Waals surface area contributed by atoms with Crippen LogP contribution >= 0.6 is 11.6 Å². The van der Waals surface area contributed by atoms with E-state index in [4.69, 9.17) is 11.6 Å². The zero-order chi connectivity index (χ0) is 22.6. The Morgan fingerprint density at radius 1 is 0.818 bits per heavy atom. The standard InChI is InChI=1S/C27H33ClN4O/c28-22-7-8-23-24(9-10-29-25(23)17-22)30-26-16-20(18-31-11-3-1-4-12-31)15-21(27(26)33)19-32-13-5-2-6-14-32/h7-10,15-17,33H,1-6,11-14,18-19H2,(H,29,30). The molecule has 2 saturated heterocycles. The minimum Gasteiger partial charge on any atom is -0.505 e. The second-order valence-corrected chi connectivity index (χ2v) is 9.91. The van der Waals surface area contributed by atoms with Crippen LogP contribution in [0.25, 0.3) is 10.9 Å². The third-order valence-corrected chi connectivity index (χ3v) is 7.16. The first-order valence-electron chi connectivity index (χ1n) is 12.3. The van der Waals surface area contributed by atoms with Crippen molar-refractivity contribution < 1.29 is 5.11 Å². The molecule has 1 aromatic heterocycles. The van der Waals surface area contributed by atoms with Gasteiger partial charge in [0.2, 0.25) is 0 Å². The van der Waals surface area contributed by atoms with Crippen LogP contribution in [0.3, 0.4) is 0 Å². The van der Waals surface area contributed by atoms with Crippen molar-refractivity contribution in [1.29, 1.82) is 0 Å². The highest BCUT2D eigenvalue weighted by molar-refractivity contribution is 6.31. The molecular formula is C27H33ClN4O. The molecule has 0 radical (unpaired) electrons. The van der Waals surface area contributed by atoms with E-state index in [-0.39, 0.29) is 0 Å². The molecule has 3 aromatic rings. The van der Waals surface area contributed by atoms with Gasteiger partial charge in [-0.05, 0) is 93.8 Å². The maximum Gasteiger partial charge on any atom is 0.143 e. The first-order valence-corrected chi connectivity index (χ1v) is 12.6. The van der Waals surface area contributed by atoms with Crippen LogP contribution in [-0.4, -0.2) is 46.1 Å². The van der Waals surface area contributed by atoms with E-state index in [9.17, 15) is 5.11 Å². The maximum atomic E-state index is 11.3. The van der Waals surface area contributed by atoms with Gasteiger partial charge < -0.3 is 10.4 Å². The molecule has 2 fully saturated rings. The number of aromatic hydroxyl groups is 1. The number of benzene rings is 2. The third-order valence-electron chi connectivity index (χ3n) is 6.92. The zero-order valence-electron chi connectivity index (χ0n) is 19.2. The zero-order valence-corrected chi connectivity index (χ0v) is 19.9.